The quantitative estimate of drug-likeness (QED) is 0.641. The molecule has 96 valence electrons. The van der Waals surface area contributed by atoms with Crippen molar-refractivity contribution in [2.45, 2.75) is 24.1 Å². The zero-order valence-corrected chi connectivity index (χ0v) is 13.0. The molecule has 0 saturated heterocycles. The topological polar surface area (TPSA) is 87.2 Å². The van der Waals surface area contributed by atoms with Crippen LogP contribution in [0.5, 0.6) is 0 Å². The second-order valence-corrected chi connectivity index (χ2v) is 8.01. The van der Waals surface area contributed by atoms with Crippen molar-refractivity contribution < 1.29 is 8.42 Å². The highest BCUT2D eigenvalue weighted by molar-refractivity contribution is 9.10. The van der Waals surface area contributed by atoms with Gasteiger partial charge in [0.1, 0.15) is 0 Å². The molecule has 0 aliphatic heterocycles. The lowest BCUT2D eigenvalue weighted by Gasteiger charge is -2.25. The molecule has 0 atom stereocenters. The Kier molecular flexibility index (Phi) is 4.45. The Bertz CT molecular complexity index is 541. The van der Waals surface area contributed by atoms with E-state index in [0.717, 1.165) is 15.6 Å². The van der Waals surface area contributed by atoms with Crippen LogP contribution < -0.4 is 5.73 Å². The smallest absolute Gasteiger partial charge is 0.277 e. The van der Waals surface area contributed by atoms with Gasteiger partial charge in [-0.05, 0) is 35.8 Å². The normalized spacial score (nSPS) is 11.8. The van der Waals surface area contributed by atoms with E-state index in [9.17, 15) is 8.42 Å². The lowest BCUT2D eigenvalue weighted by Crippen LogP contribution is -2.45. The molecule has 0 aliphatic rings. The minimum atomic E-state index is -3.84. The molecule has 1 heterocycles. The number of hydrogen-bond donors (Lipinski definition) is 2. The summed E-state index contributed by atoms with van der Waals surface area (Å²) < 4.78 is 26.2. The summed E-state index contributed by atoms with van der Waals surface area (Å²) in [4.78, 5) is 0. The third kappa shape index (κ3) is 2.93. The highest BCUT2D eigenvalue weighted by Gasteiger charge is 2.31. The van der Waals surface area contributed by atoms with Crippen LogP contribution in [0.2, 0.25) is 4.34 Å². The Morgan fingerprint density at radius 3 is 2.47 bits per heavy atom. The van der Waals surface area contributed by atoms with Crippen molar-refractivity contribution in [1.29, 1.82) is 5.41 Å². The zero-order valence-electron chi connectivity index (χ0n) is 9.07. The third-order valence-corrected chi connectivity index (χ3v) is 6.74. The average Bonchev–Trinajstić information content (AvgIpc) is 2.43. The molecule has 0 unspecified atom stereocenters. The summed E-state index contributed by atoms with van der Waals surface area (Å²) in [7, 11) is -3.84. The Balaban J connectivity index is 3.36. The molecule has 5 nitrogen and oxygen atoms in total. The molecule has 0 radical (unpaired) electrons. The standard InChI is InChI=1S/C8H11BrClN3O2S2/c1-4(2)13(8(11)12)17(14,15)7-5(9)3-6(10)16-7/h3-4H,1-2H3,(H3,11,12). The van der Waals surface area contributed by atoms with Crippen LogP contribution in [0.3, 0.4) is 0 Å². The van der Waals surface area contributed by atoms with E-state index in [-0.39, 0.29) is 4.21 Å². The summed E-state index contributed by atoms with van der Waals surface area (Å²) >= 11 is 9.81. The minimum Gasteiger partial charge on any atom is -0.369 e. The maximum atomic E-state index is 12.3. The van der Waals surface area contributed by atoms with Gasteiger partial charge in [0.25, 0.3) is 10.0 Å². The van der Waals surface area contributed by atoms with E-state index in [2.05, 4.69) is 15.9 Å². The number of rotatable bonds is 3. The molecule has 3 N–H and O–H groups in total. The van der Waals surface area contributed by atoms with Crippen LogP contribution in [-0.2, 0) is 10.0 Å². The van der Waals surface area contributed by atoms with Gasteiger partial charge in [-0.1, -0.05) is 11.6 Å². The number of nitrogens with one attached hydrogen (secondary N) is 1. The number of nitrogens with two attached hydrogens (primary N) is 1. The van der Waals surface area contributed by atoms with Crippen molar-refractivity contribution in [1.82, 2.24) is 4.31 Å². The number of sulfonamides is 1. The van der Waals surface area contributed by atoms with Gasteiger partial charge in [-0.3, -0.25) is 5.41 Å². The maximum Gasteiger partial charge on any atom is 0.277 e. The van der Waals surface area contributed by atoms with E-state index in [1.807, 2.05) is 0 Å². The maximum absolute atomic E-state index is 12.3. The van der Waals surface area contributed by atoms with Crippen molar-refractivity contribution in [2.24, 2.45) is 5.73 Å². The third-order valence-electron chi connectivity index (χ3n) is 1.83. The second-order valence-electron chi connectivity index (χ2n) is 3.47. The van der Waals surface area contributed by atoms with Crippen molar-refractivity contribution in [3.05, 3.63) is 14.9 Å². The number of hydrogen-bond acceptors (Lipinski definition) is 4. The first-order valence-electron chi connectivity index (χ1n) is 4.51. The summed E-state index contributed by atoms with van der Waals surface area (Å²) in [5.74, 6) is -0.517. The van der Waals surface area contributed by atoms with Gasteiger partial charge in [0.15, 0.2) is 4.21 Å². The molecular weight excluding hydrogens is 350 g/mol. The summed E-state index contributed by atoms with van der Waals surface area (Å²) in [6.07, 6.45) is 0. The van der Waals surface area contributed by atoms with Gasteiger partial charge in [0.05, 0.1) is 8.81 Å². The van der Waals surface area contributed by atoms with E-state index < -0.39 is 22.0 Å². The number of halogens is 2. The molecule has 0 bridgehead atoms. The van der Waals surface area contributed by atoms with Gasteiger partial charge >= 0.3 is 0 Å². The molecule has 0 amide bonds. The van der Waals surface area contributed by atoms with Crippen LogP contribution in [0.4, 0.5) is 0 Å². The molecule has 0 fully saturated rings. The molecule has 9 heteroatoms. The molecule has 17 heavy (non-hydrogen) atoms. The van der Waals surface area contributed by atoms with Gasteiger partial charge in [-0.2, -0.15) is 0 Å². The molecule has 0 saturated carbocycles. The SMILES string of the molecule is CC(C)N(C(=N)N)S(=O)(=O)c1sc(Cl)cc1Br. The average molecular weight is 361 g/mol. The molecule has 1 rings (SSSR count). The fraction of sp³-hybridized carbons (Fsp3) is 0.375. The fourth-order valence-corrected chi connectivity index (χ4v) is 5.86. The van der Waals surface area contributed by atoms with Gasteiger partial charge in [0.2, 0.25) is 5.96 Å². The first-order chi connectivity index (χ1) is 7.67. The Hall–Kier alpha value is -0.310. The first-order valence-corrected chi connectivity index (χ1v) is 7.94. The van der Waals surface area contributed by atoms with Crippen LogP contribution in [0.1, 0.15) is 13.8 Å². The van der Waals surface area contributed by atoms with Crippen LogP contribution in [-0.4, -0.2) is 24.7 Å². The fourth-order valence-electron chi connectivity index (χ4n) is 1.28. The summed E-state index contributed by atoms with van der Waals surface area (Å²) in [6.45, 7) is 3.28. The van der Waals surface area contributed by atoms with E-state index in [4.69, 9.17) is 22.7 Å². The van der Waals surface area contributed by atoms with Crippen LogP contribution >= 0.6 is 38.9 Å². The van der Waals surface area contributed by atoms with Crippen LogP contribution in [0.15, 0.2) is 14.7 Å². The second kappa shape index (κ2) is 5.13. The molecule has 1 aromatic rings. The predicted molar refractivity (Wildman–Crippen MR) is 73.1 cm³/mol. The largest absolute Gasteiger partial charge is 0.369 e. The molecular formula is C8H11BrClN3O2S2. The summed E-state index contributed by atoms with van der Waals surface area (Å²) in [6, 6.07) is 1.06. The minimum absolute atomic E-state index is 0.0476. The van der Waals surface area contributed by atoms with E-state index in [1.165, 1.54) is 6.07 Å². The Labute approximate surface area is 117 Å². The van der Waals surface area contributed by atoms with Gasteiger partial charge < -0.3 is 5.73 Å². The van der Waals surface area contributed by atoms with Crippen molar-refractivity contribution in [3.63, 3.8) is 0 Å². The van der Waals surface area contributed by atoms with Crippen molar-refractivity contribution in [2.75, 3.05) is 0 Å². The zero-order chi connectivity index (χ0) is 13.4. The predicted octanol–water partition coefficient (Wildman–Crippen LogP) is 2.46. The molecule has 0 spiro atoms. The number of thiophene rings is 1. The van der Waals surface area contributed by atoms with E-state index in [1.54, 1.807) is 13.8 Å². The Morgan fingerprint density at radius 1 is 1.65 bits per heavy atom. The summed E-state index contributed by atoms with van der Waals surface area (Å²) in [5, 5.41) is 7.35. The monoisotopic (exact) mass is 359 g/mol. The highest BCUT2D eigenvalue weighted by atomic mass is 79.9. The Morgan fingerprint density at radius 2 is 2.18 bits per heavy atom. The van der Waals surface area contributed by atoms with E-state index >= 15 is 0 Å². The highest BCUT2D eigenvalue weighted by Crippen LogP contribution is 2.36. The van der Waals surface area contributed by atoms with E-state index in [0.29, 0.717) is 8.81 Å². The first kappa shape index (κ1) is 14.7. The number of guanidine groups is 1. The van der Waals surface area contributed by atoms with Crippen molar-refractivity contribution >= 4 is 54.9 Å². The van der Waals surface area contributed by atoms with Gasteiger partial charge in [0, 0.05) is 6.04 Å². The van der Waals surface area contributed by atoms with Gasteiger partial charge in [-0.25, -0.2) is 12.7 Å². The van der Waals surface area contributed by atoms with Crippen LogP contribution in [0, 0.1) is 5.41 Å². The molecule has 1 aromatic heterocycles. The lowest BCUT2D eigenvalue weighted by molar-refractivity contribution is 0.467. The lowest BCUT2D eigenvalue weighted by atomic mass is 10.4. The van der Waals surface area contributed by atoms with Crippen molar-refractivity contribution in [3.8, 4) is 0 Å². The summed E-state index contributed by atoms with van der Waals surface area (Å²) in [5.41, 5.74) is 5.30. The molecule has 0 aliphatic carbocycles. The van der Waals surface area contributed by atoms with Gasteiger partial charge in [-0.15, -0.1) is 11.3 Å². The van der Waals surface area contributed by atoms with Crippen LogP contribution in [0.25, 0.3) is 0 Å². The number of nitrogens with zero attached hydrogens (tertiary/aromatic N) is 1. The molecule has 0 aromatic carbocycles.